The van der Waals surface area contributed by atoms with Crippen molar-refractivity contribution in [3.05, 3.63) is 41.2 Å². The average Bonchev–Trinajstić information content (AvgIpc) is 2.76. The van der Waals surface area contributed by atoms with Gasteiger partial charge in [-0.1, -0.05) is 6.07 Å². The van der Waals surface area contributed by atoms with Gasteiger partial charge >= 0.3 is 0 Å². The van der Waals surface area contributed by atoms with Crippen molar-refractivity contribution in [1.29, 1.82) is 0 Å². The maximum atomic E-state index is 12.0. The molecule has 0 aliphatic rings. The van der Waals surface area contributed by atoms with Crippen LogP contribution < -0.4 is 4.74 Å². The fourth-order valence-corrected chi connectivity index (χ4v) is 1.43. The van der Waals surface area contributed by atoms with E-state index in [1.807, 2.05) is 6.92 Å². The van der Waals surface area contributed by atoms with Crippen molar-refractivity contribution in [1.82, 2.24) is 5.16 Å². The number of aromatic nitrogens is 1. The molecule has 0 spiro atoms. The first-order valence-electron chi connectivity index (χ1n) is 4.97. The minimum atomic E-state index is -0.432. The molecule has 5 heteroatoms. The number of ketones is 1. The molecule has 0 aliphatic carbocycles. The third-order valence-corrected chi connectivity index (χ3v) is 2.32. The molecule has 0 saturated heterocycles. The fourth-order valence-electron chi connectivity index (χ4n) is 1.43. The summed E-state index contributed by atoms with van der Waals surface area (Å²) in [5.41, 5.74) is 1.05. The smallest absolute Gasteiger partial charge is 0.254 e. The lowest BCUT2D eigenvalue weighted by molar-refractivity contribution is 0.0997. The molecule has 1 aromatic heterocycles. The largest absolute Gasteiger partial charge is 0.507 e. The Kier molecular flexibility index (Phi) is 2.82. The number of carbonyl (C=O) groups excluding carboxylic acids is 1. The molecule has 0 aliphatic heterocycles. The van der Waals surface area contributed by atoms with Crippen LogP contribution in [0.2, 0.25) is 0 Å². The van der Waals surface area contributed by atoms with Gasteiger partial charge in [-0.2, -0.15) is 0 Å². The van der Waals surface area contributed by atoms with E-state index in [1.54, 1.807) is 12.1 Å². The number of benzene rings is 1. The molecule has 1 heterocycles. The van der Waals surface area contributed by atoms with Gasteiger partial charge in [0.25, 0.3) is 5.88 Å². The van der Waals surface area contributed by atoms with E-state index in [1.165, 1.54) is 19.2 Å². The molecule has 0 amide bonds. The van der Waals surface area contributed by atoms with Crippen LogP contribution in [0.3, 0.4) is 0 Å². The number of phenols is 1. The lowest BCUT2D eigenvalue weighted by Crippen LogP contribution is -2.00. The normalized spacial score (nSPS) is 10.2. The first kappa shape index (κ1) is 11.2. The van der Waals surface area contributed by atoms with E-state index < -0.39 is 5.78 Å². The second-order valence-electron chi connectivity index (χ2n) is 3.58. The summed E-state index contributed by atoms with van der Waals surface area (Å²) in [6.07, 6.45) is 0. The van der Waals surface area contributed by atoms with Crippen LogP contribution >= 0.6 is 0 Å². The molecule has 0 atom stereocenters. The Morgan fingerprint density at radius 1 is 1.41 bits per heavy atom. The maximum absolute atomic E-state index is 12.0. The maximum Gasteiger partial charge on any atom is 0.254 e. The van der Waals surface area contributed by atoms with Gasteiger partial charge in [-0.15, -0.1) is 0 Å². The molecule has 0 bridgehead atoms. The SMILES string of the molecule is COc1cc(C(=O)c2ccc(C)cc2O)on1. The van der Waals surface area contributed by atoms with E-state index >= 15 is 0 Å². The van der Waals surface area contributed by atoms with Crippen molar-refractivity contribution in [2.45, 2.75) is 6.92 Å². The number of phenolic OH excluding ortho intramolecular Hbond substituents is 1. The van der Waals surface area contributed by atoms with E-state index in [0.29, 0.717) is 0 Å². The first-order valence-corrected chi connectivity index (χ1v) is 4.97. The number of aromatic hydroxyl groups is 1. The third-order valence-electron chi connectivity index (χ3n) is 2.32. The third kappa shape index (κ3) is 2.13. The lowest BCUT2D eigenvalue weighted by Gasteiger charge is -2.01. The molecular weight excluding hydrogens is 222 g/mol. The van der Waals surface area contributed by atoms with Gasteiger partial charge in [0.05, 0.1) is 18.7 Å². The van der Waals surface area contributed by atoms with E-state index in [2.05, 4.69) is 5.16 Å². The number of nitrogens with zero attached hydrogens (tertiary/aromatic N) is 1. The number of carbonyl (C=O) groups is 1. The Morgan fingerprint density at radius 3 is 2.76 bits per heavy atom. The second-order valence-corrected chi connectivity index (χ2v) is 3.58. The first-order chi connectivity index (χ1) is 8.11. The monoisotopic (exact) mass is 233 g/mol. The Morgan fingerprint density at radius 2 is 2.18 bits per heavy atom. The number of hydrogen-bond donors (Lipinski definition) is 1. The molecule has 1 N–H and O–H groups in total. The topological polar surface area (TPSA) is 72.6 Å². The average molecular weight is 233 g/mol. The van der Waals surface area contributed by atoms with Crippen LogP contribution in [0, 0.1) is 6.92 Å². The summed E-state index contributed by atoms with van der Waals surface area (Å²) in [4.78, 5) is 12.0. The highest BCUT2D eigenvalue weighted by atomic mass is 16.5. The number of rotatable bonds is 3. The zero-order valence-corrected chi connectivity index (χ0v) is 9.43. The molecule has 17 heavy (non-hydrogen) atoms. The molecule has 0 saturated carbocycles. The quantitative estimate of drug-likeness (QED) is 0.820. The van der Waals surface area contributed by atoms with Gasteiger partial charge in [0, 0.05) is 0 Å². The van der Waals surface area contributed by atoms with Crippen molar-refractivity contribution in [2.24, 2.45) is 0 Å². The number of ether oxygens (including phenoxy) is 1. The summed E-state index contributed by atoms with van der Waals surface area (Å²) in [7, 11) is 1.43. The lowest BCUT2D eigenvalue weighted by atomic mass is 10.1. The number of methoxy groups -OCH3 is 1. The molecule has 0 fully saturated rings. The van der Waals surface area contributed by atoms with Crippen LogP contribution in [0.4, 0.5) is 0 Å². The van der Waals surface area contributed by atoms with Gasteiger partial charge in [-0.05, 0) is 29.8 Å². The van der Waals surface area contributed by atoms with Crippen molar-refractivity contribution in [3.63, 3.8) is 0 Å². The predicted octanol–water partition coefficient (Wildman–Crippen LogP) is 1.93. The van der Waals surface area contributed by atoms with Crippen molar-refractivity contribution >= 4 is 5.78 Å². The minimum absolute atomic E-state index is 0.0287. The molecule has 2 aromatic rings. The molecule has 1 aromatic carbocycles. The van der Waals surface area contributed by atoms with E-state index in [9.17, 15) is 9.90 Å². The highest BCUT2D eigenvalue weighted by Crippen LogP contribution is 2.23. The van der Waals surface area contributed by atoms with Gasteiger partial charge in [0.1, 0.15) is 5.75 Å². The van der Waals surface area contributed by atoms with Crippen LogP contribution in [0.1, 0.15) is 21.7 Å². The van der Waals surface area contributed by atoms with E-state index in [0.717, 1.165) is 5.56 Å². The Labute approximate surface area is 97.6 Å². The molecular formula is C12H11NO4. The minimum Gasteiger partial charge on any atom is -0.507 e. The molecule has 88 valence electrons. The summed E-state index contributed by atoms with van der Waals surface area (Å²) in [6, 6.07) is 6.17. The zero-order valence-electron chi connectivity index (χ0n) is 9.43. The fraction of sp³-hybridized carbons (Fsp3) is 0.167. The number of aryl methyl sites for hydroxylation is 1. The Hall–Kier alpha value is -2.30. The predicted molar refractivity (Wildman–Crippen MR) is 59.3 cm³/mol. The van der Waals surface area contributed by atoms with Crippen LogP contribution in [0.25, 0.3) is 0 Å². The molecule has 5 nitrogen and oxygen atoms in total. The summed E-state index contributed by atoms with van der Waals surface area (Å²) >= 11 is 0. The standard InChI is InChI=1S/C12H11NO4/c1-7-3-4-8(9(14)5-7)12(15)10-6-11(16-2)13-17-10/h3-6,14H,1-2H3. The molecule has 2 rings (SSSR count). The van der Waals surface area contributed by atoms with Crippen LogP contribution in [-0.2, 0) is 0 Å². The summed E-state index contributed by atoms with van der Waals surface area (Å²) < 4.78 is 9.63. The summed E-state index contributed by atoms with van der Waals surface area (Å²) in [6.45, 7) is 1.82. The zero-order chi connectivity index (χ0) is 12.4. The Balaban J connectivity index is 2.36. The van der Waals surface area contributed by atoms with Crippen molar-refractivity contribution < 1.29 is 19.2 Å². The van der Waals surface area contributed by atoms with Gasteiger partial charge in [0.2, 0.25) is 11.5 Å². The van der Waals surface area contributed by atoms with Crippen molar-refractivity contribution in [2.75, 3.05) is 7.11 Å². The van der Waals surface area contributed by atoms with Crippen LogP contribution in [-0.4, -0.2) is 23.2 Å². The highest BCUT2D eigenvalue weighted by molar-refractivity contribution is 6.09. The van der Waals surface area contributed by atoms with Gasteiger partial charge in [0.15, 0.2) is 0 Å². The molecule has 0 radical (unpaired) electrons. The van der Waals surface area contributed by atoms with Gasteiger partial charge in [-0.25, -0.2) is 0 Å². The number of hydrogen-bond acceptors (Lipinski definition) is 5. The van der Waals surface area contributed by atoms with E-state index in [-0.39, 0.29) is 23.0 Å². The van der Waals surface area contributed by atoms with Crippen LogP contribution in [0.15, 0.2) is 28.8 Å². The van der Waals surface area contributed by atoms with Crippen LogP contribution in [0.5, 0.6) is 11.6 Å². The Bertz CT molecular complexity index is 559. The summed E-state index contributed by atoms with van der Waals surface area (Å²) in [5.74, 6) is -0.260. The van der Waals surface area contributed by atoms with Crippen molar-refractivity contribution in [3.8, 4) is 11.6 Å². The van der Waals surface area contributed by atoms with E-state index in [4.69, 9.17) is 9.26 Å². The van der Waals surface area contributed by atoms with Gasteiger partial charge < -0.3 is 14.4 Å². The summed E-state index contributed by atoms with van der Waals surface area (Å²) in [5, 5.41) is 13.2. The molecule has 0 unspecified atom stereocenters. The van der Waals surface area contributed by atoms with Gasteiger partial charge in [-0.3, -0.25) is 4.79 Å². The highest BCUT2D eigenvalue weighted by Gasteiger charge is 2.18. The second kappa shape index (κ2) is 4.29.